The summed E-state index contributed by atoms with van der Waals surface area (Å²) < 4.78 is 11.4. The van der Waals surface area contributed by atoms with Crippen LogP contribution in [0.15, 0.2) is 36.4 Å². The second-order valence-corrected chi connectivity index (χ2v) is 5.81. The molecule has 0 radical (unpaired) electrons. The van der Waals surface area contributed by atoms with E-state index in [1.54, 1.807) is 4.90 Å². The maximum atomic E-state index is 13.1. The number of nitrogens with zero attached hydrogens (tertiary/aromatic N) is 2. The van der Waals surface area contributed by atoms with E-state index in [0.717, 1.165) is 23.4 Å². The number of hydrogen-bond acceptors (Lipinski definition) is 4. The third-order valence-electron chi connectivity index (χ3n) is 4.31. The van der Waals surface area contributed by atoms with Gasteiger partial charge < -0.3 is 14.4 Å². The number of benzene rings is 1. The Morgan fingerprint density at radius 1 is 1.22 bits per heavy atom. The lowest BCUT2D eigenvalue weighted by Crippen LogP contribution is -2.42. The van der Waals surface area contributed by atoms with E-state index in [4.69, 9.17) is 9.47 Å². The maximum absolute atomic E-state index is 13.1. The summed E-state index contributed by atoms with van der Waals surface area (Å²) in [5.41, 5.74) is 3.75. The van der Waals surface area contributed by atoms with Gasteiger partial charge in [0.2, 0.25) is 5.88 Å². The number of rotatable bonds is 1. The number of fused-ring (bicyclic) bond motifs is 2. The fourth-order valence-corrected chi connectivity index (χ4v) is 3.16. The number of ether oxygens (including phenoxy) is 2. The molecule has 2 aliphatic heterocycles. The Morgan fingerprint density at radius 3 is 3.00 bits per heavy atom. The van der Waals surface area contributed by atoms with Crippen molar-refractivity contribution in [3.63, 3.8) is 0 Å². The standard InChI is InChI=1S/C18H18N2O3/c1-12-6-7-15-17(19-12)23-11-9-20(15)18(21)16-14-5-3-2-4-13(14)8-10-22-16/h2-7,16H,8-11H2,1H3/t16-/m1/s1. The van der Waals surface area contributed by atoms with Crippen molar-refractivity contribution in [3.05, 3.63) is 53.2 Å². The van der Waals surface area contributed by atoms with Crippen LogP contribution in [0.5, 0.6) is 5.88 Å². The van der Waals surface area contributed by atoms with Gasteiger partial charge in [-0.3, -0.25) is 4.79 Å². The predicted octanol–water partition coefficient (Wildman–Crippen LogP) is 2.43. The Balaban J connectivity index is 1.69. The molecule has 0 saturated heterocycles. The van der Waals surface area contributed by atoms with Crippen LogP contribution in [-0.2, 0) is 16.0 Å². The molecule has 1 aromatic heterocycles. The molecule has 5 nitrogen and oxygen atoms in total. The second-order valence-electron chi connectivity index (χ2n) is 5.81. The van der Waals surface area contributed by atoms with Crippen LogP contribution in [0.1, 0.15) is 22.9 Å². The molecule has 0 bridgehead atoms. The van der Waals surface area contributed by atoms with E-state index in [0.29, 0.717) is 25.6 Å². The zero-order valence-electron chi connectivity index (χ0n) is 13.0. The number of carbonyl (C=O) groups is 1. The minimum Gasteiger partial charge on any atom is -0.474 e. The molecule has 4 rings (SSSR count). The van der Waals surface area contributed by atoms with Crippen LogP contribution in [0.3, 0.4) is 0 Å². The number of aryl methyl sites for hydroxylation is 1. The van der Waals surface area contributed by atoms with E-state index < -0.39 is 6.10 Å². The summed E-state index contributed by atoms with van der Waals surface area (Å²) in [5, 5.41) is 0. The molecule has 1 aromatic carbocycles. The Kier molecular flexibility index (Phi) is 3.50. The van der Waals surface area contributed by atoms with E-state index in [1.165, 1.54) is 5.56 Å². The zero-order chi connectivity index (χ0) is 15.8. The van der Waals surface area contributed by atoms with Crippen LogP contribution in [0, 0.1) is 6.92 Å². The van der Waals surface area contributed by atoms with Gasteiger partial charge in [-0.1, -0.05) is 24.3 Å². The first-order valence-electron chi connectivity index (χ1n) is 7.85. The molecule has 0 saturated carbocycles. The van der Waals surface area contributed by atoms with Crippen molar-refractivity contribution in [2.75, 3.05) is 24.7 Å². The summed E-state index contributed by atoms with van der Waals surface area (Å²) in [6.45, 7) is 3.43. The Bertz CT molecular complexity index is 760. The molecule has 0 N–H and O–H groups in total. The van der Waals surface area contributed by atoms with Gasteiger partial charge in [-0.2, -0.15) is 0 Å². The van der Waals surface area contributed by atoms with Crippen molar-refractivity contribution in [1.82, 2.24) is 4.98 Å². The summed E-state index contributed by atoms with van der Waals surface area (Å²) in [7, 11) is 0. The highest BCUT2D eigenvalue weighted by Gasteiger charge is 2.34. The van der Waals surface area contributed by atoms with Crippen LogP contribution in [0.25, 0.3) is 0 Å². The number of hydrogen-bond donors (Lipinski definition) is 0. The van der Waals surface area contributed by atoms with E-state index in [1.807, 2.05) is 37.3 Å². The third-order valence-corrected chi connectivity index (χ3v) is 4.31. The predicted molar refractivity (Wildman–Crippen MR) is 85.7 cm³/mol. The molecule has 118 valence electrons. The first-order valence-corrected chi connectivity index (χ1v) is 7.85. The molecular weight excluding hydrogens is 292 g/mol. The van der Waals surface area contributed by atoms with E-state index in [9.17, 15) is 4.79 Å². The summed E-state index contributed by atoms with van der Waals surface area (Å²) in [6, 6.07) is 11.8. The SMILES string of the molecule is Cc1ccc2c(n1)OCCN2C(=O)[C@@H]1OCCc2ccccc21. The lowest BCUT2D eigenvalue weighted by atomic mass is 9.96. The van der Waals surface area contributed by atoms with Gasteiger partial charge in [-0.25, -0.2) is 4.98 Å². The number of aromatic nitrogens is 1. The number of carbonyl (C=O) groups excluding carboxylic acids is 1. The average molecular weight is 310 g/mol. The number of anilines is 1. The molecule has 23 heavy (non-hydrogen) atoms. The molecule has 1 amide bonds. The van der Waals surface area contributed by atoms with Crippen molar-refractivity contribution in [1.29, 1.82) is 0 Å². The molecule has 2 aliphatic rings. The van der Waals surface area contributed by atoms with Gasteiger partial charge in [0, 0.05) is 5.69 Å². The molecule has 0 aliphatic carbocycles. The third kappa shape index (κ3) is 2.47. The number of pyridine rings is 1. The van der Waals surface area contributed by atoms with Gasteiger partial charge in [0.15, 0.2) is 6.10 Å². The van der Waals surface area contributed by atoms with E-state index in [-0.39, 0.29) is 5.91 Å². The van der Waals surface area contributed by atoms with Gasteiger partial charge >= 0.3 is 0 Å². The van der Waals surface area contributed by atoms with Gasteiger partial charge in [-0.15, -0.1) is 0 Å². The highest BCUT2D eigenvalue weighted by Crippen LogP contribution is 2.34. The van der Waals surface area contributed by atoms with Gasteiger partial charge in [0.05, 0.1) is 13.2 Å². The quantitative estimate of drug-likeness (QED) is 0.812. The zero-order valence-corrected chi connectivity index (χ0v) is 13.0. The highest BCUT2D eigenvalue weighted by atomic mass is 16.5. The summed E-state index contributed by atoms with van der Waals surface area (Å²) in [5.74, 6) is 0.473. The lowest BCUT2D eigenvalue weighted by molar-refractivity contribution is -0.131. The molecule has 5 heteroatoms. The largest absolute Gasteiger partial charge is 0.474 e. The van der Waals surface area contributed by atoms with Gasteiger partial charge in [0.25, 0.3) is 5.91 Å². The Morgan fingerprint density at radius 2 is 2.09 bits per heavy atom. The summed E-state index contributed by atoms with van der Waals surface area (Å²) in [6.07, 6.45) is 0.299. The van der Waals surface area contributed by atoms with Crippen LogP contribution < -0.4 is 9.64 Å². The van der Waals surface area contributed by atoms with Crippen molar-refractivity contribution >= 4 is 11.6 Å². The summed E-state index contributed by atoms with van der Waals surface area (Å²) in [4.78, 5) is 19.2. The maximum Gasteiger partial charge on any atom is 0.261 e. The molecule has 0 spiro atoms. The molecule has 3 heterocycles. The van der Waals surface area contributed by atoms with Crippen LogP contribution in [0.2, 0.25) is 0 Å². The first-order chi connectivity index (χ1) is 11.2. The molecule has 0 fully saturated rings. The summed E-state index contributed by atoms with van der Waals surface area (Å²) >= 11 is 0. The molecule has 2 aromatic rings. The van der Waals surface area contributed by atoms with Crippen LogP contribution >= 0.6 is 0 Å². The van der Waals surface area contributed by atoms with Crippen molar-refractivity contribution in [2.45, 2.75) is 19.4 Å². The normalized spacial score (nSPS) is 19.5. The highest BCUT2D eigenvalue weighted by molar-refractivity contribution is 5.98. The second kappa shape index (κ2) is 5.66. The van der Waals surface area contributed by atoms with Gasteiger partial charge in [0.1, 0.15) is 12.3 Å². The minimum absolute atomic E-state index is 0.0487. The van der Waals surface area contributed by atoms with Crippen LogP contribution in [-0.4, -0.2) is 30.6 Å². The molecule has 1 atom stereocenters. The van der Waals surface area contributed by atoms with Crippen molar-refractivity contribution in [3.8, 4) is 5.88 Å². The van der Waals surface area contributed by atoms with Gasteiger partial charge in [-0.05, 0) is 36.6 Å². The van der Waals surface area contributed by atoms with Crippen molar-refractivity contribution in [2.24, 2.45) is 0 Å². The number of amides is 1. The van der Waals surface area contributed by atoms with E-state index in [2.05, 4.69) is 11.1 Å². The molecule has 0 unspecified atom stereocenters. The Labute approximate surface area is 134 Å². The fraction of sp³-hybridized carbons (Fsp3) is 0.333. The minimum atomic E-state index is -0.549. The average Bonchev–Trinajstić information content (AvgIpc) is 2.60. The Hall–Kier alpha value is -2.40. The topological polar surface area (TPSA) is 51.7 Å². The monoisotopic (exact) mass is 310 g/mol. The van der Waals surface area contributed by atoms with Crippen LogP contribution in [0.4, 0.5) is 5.69 Å². The fourth-order valence-electron chi connectivity index (χ4n) is 3.16. The van der Waals surface area contributed by atoms with E-state index >= 15 is 0 Å². The lowest BCUT2D eigenvalue weighted by Gasteiger charge is -2.33. The smallest absolute Gasteiger partial charge is 0.261 e. The molecular formula is C18H18N2O3. The first kappa shape index (κ1) is 14.2. The van der Waals surface area contributed by atoms with Crippen molar-refractivity contribution < 1.29 is 14.3 Å².